The molecule has 2 aliphatic rings. The van der Waals surface area contributed by atoms with Crippen LogP contribution in [-0.2, 0) is 112 Å². The number of hydrogen-bond acceptors (Lipinski definition) is 22. The Hall–Kier alpha value is -13.8. The third-order valence-corrected chi connectivity index (χ3v) is 23.4. The molecule has 14 atom stereocenters. The van der Waals surface area contributed by atoms with Gasteiger partial charge in [0, 0.05) is 55.1 Å². The SMILES string of the molecule is CC(C)C[C@@H]1NC(=O)[C@H](Cc2c[nH]c3ccccc23)NC(=O)[C@H](CC(=O)O)NC(=O)[C@H](Cc2ccc(O)cc2)NC(=O)[C@H](Cc2ccccc2)NC(=O)CSC[C@@H](C(=O)NCC(N)=O)NC(=O)[C@H](CO)NC(=O)[C@H](C(C)C)NC(=O)[C@H](CC(C)C)NC(=O)[C@H](CC(N)=O)NC(=O)[C@H]2CCCN2C(=O)[C@H](CCN)NC(=O)[C@H](C(C)C)NC(=O)[C@H](Cc2ccc(-c3ccccc3)cc2)NC1=O. The number of carboxylic acids is 1. The highest BCUT2D eigenvalue weighted by molar-refractivity contribution is 8.00. The summed E-state index contributed by atoms with van der Waals surface area (Å²) in [4.78, 5) is 264. The molecular weight excluding hydrogens is 1750 g/mol. The number of rotatable bonds is 25. The lowest BCUT2D eigenvalue weighted by Gasteiger charge is -2.32. The largest absolute Gasteiger partial charge is 0.508 e. The normalized spacial score (nSPS) is 23.6. The molecule has 0 saturated carbocycles. The number of aliphatic hydroxyl groups is 1. The molecule has 2 fully saturated rings. The van der Waals surface area contributed by atoms with Gasteiger partial charge in [0.15, 0.2) is 0 Å². The number of fused-ring (bicyclic) bond motifs is 2. The zero-order valence-electron chi connectivity index (χ0n) is 76.0. The molecule has 8 rings (SSSR count). The summed E-state index contributed by atoms with van der Waals surface area (Å²) in [6.07, 6.45) is -2.01. The van der Waals surface area contributed by atoms with Crippen molar-refractivity contribution in [2.45, 2.75) is 211 Å². The third-order valence-electron chi connectivity index (χ3n) is 22.3. The van der Waals surface area contributed by atoms with E-state index in [2.05, 4.69) is 79.4 Å². The molecule has 0 aliphatic carbocycles. The standard InChI is InChI=1S/C93H123N19O21S/c1-49(2)36-63-81(121)104-67(39-54-25-29-57(30-26-54)56-20-13-10-14-21-56)88(128)111-78(51(5)6)91(131)100-62(33-34-94)93(133)112-35-17-24-73(112)90(130)107-69(42-74(95)115)85(125)102-64(37-50(3)4)87(127)110-79(52(7)8)92(132)108-71(46-113)89(129)109-72(80(120)98-45-75(96)116)47-134-48-76(117)99-65(38-53-18-11-9-12-19-53)82(122)103-66(40-55-27-31-59(114)32-28-55)83(123)106-70(43-77(118)119)86(126)105-68(84(124)101-63)41-58-44-97-61-23-16-15-22-60(58)61/h9-16,18-23,25-32,44,49-52,62-73,78-79,97,113-114H,17,24,33-43,45-48,94H2,1-8H3,(H2,95,115)(H2,96,116)(H,98,120)(H,99,117)(H,100,131)(H,101,124)(H,102,125)(H,103,122)(H,104,121)(H,105,126)(H,106,123)(H,107,130)(H,108,132)(H,109,129)(H,110,127)(H,111,128)(H,118,119)/t62-,63-,64-,65-,66-,67-,68-,69-,70-,71-,72-,73+,78-,79-/m0/s1. The lowest BCUT2D eigenvalue weighted by molar-refractivity contribution is -0.143. The molecule has 722 valence electrons. The van der Waals surface area contributed by atoms with E-state index < -0.39 is 253 Å². The number of aromatic nitrogens is 1. The molecule has 0 radical (unpaired) electrons. The van der Waals surface area contributed by atoms with Crippen LogP contribution in [-0.4, -0.2) is 254 Å². The number of benzene rings is 5. The lowest BCUT2D eigenvalue weighted by Crippen LogP contribution is -2.62. The predicted octanol–water partition coefficient (Wildman–Crippen LogP) is -1.45. The van der Waals surface area contributed by atoms with Crippen molar-refractivity contribution in [2.75, 3.05) is 37.7 Å². The highest BCUT2D eigenvalue weighted by Crippen LogP contribution is 2.26. The van der Waals surface area contributed by atoms with Crippen LogP contribution >= 0.6 is 11.8 Å². The lowest BCUT2D eigenvalue weighted by atomic mass is 9.97. The number of carbonyl (C=O) groups is 18. The first-order valence-corrected chi connectivity index (χ1v) is 45.5. The molecule has 6 aromatic rings. The van der Waals surface area contributed by atoms with Gasteiger partial charge in [-0.1, -0.05) is 171 Å². The summed E-state index contributed by atoms with van der Waals surface area (Å²) in [5, 5.41) is 68.1. The minimum absolute atomic E-state index is 0.00858. The zero-order valence-corrected chi connectivity index (χ0v) is 76.8. The summed E-state index contributed by atoms with van der Waals surface area (Å²) in [6, 6.07) is 13.9. The number of aliphatic carboxylic acids is 1. The number of nitrogens with two attached hydrogens (primary N) is 3. The van der Waals surface area contributed by atoms with Gasteiger partial charge < -0.3 is 117 Å². The number of primary amides is 2. The second kappa shape index (κ2) is 51.3. The first kappa shape index (κ1) is 106. The van der Waals surface area contributed by atoms with E-state index in [9.17, 15) is 72.9 Å². The van der Waals surface area contributed by atoms with Gasteiger partial charge in [-0.05, 0) is 114 Å². The number of para-hydroxylation sites is 1. The smallest absolute Gasteiger partial charge is 0.305 e. The van der Waals surface area contributed by atoms with Crippen LogP contribution in [0.1, 0.15) is 123 Å². The zero-order chi connectivity index (χ0) is 98.2. The van der Waals surface area contributed by atoms with Crippen LogP contribution in [0.2, 0.25) is 0 Å². The van der Waals surface area contributed by atoms with Gasteiger partial charge in [0.1, 0.15) is 90.3 Å². The maximum Gasteiger partial charge on any atom is 0.305 e. The Morgan fingerprint density at radius 2 is 0.881 bits per heavy atom. The van der Waals surface area contributed by atoms with Crippen molar-refractivity contribution < 1.29 is 102 Å². The number of phenolic OH excluding ortho intramolecular Hbond substituents is 1. The second-order valence-electron chi connectivity index (χ2n) is 34.8. The first-order chi connectivity index (χ1) is 63.7. The maximum atomic E-state index is 15.5. The minimum atomic E-state index is -2.07. The van der Waals surface area contributed by atoms with Crippen LogP contribution in [0, 0.1) is 23.7 Å². The molecule has 2 aliphatic heterocycles. The van der Waals surface area contributed by atoms with E-state index in [1.54, 1.807) is 127 Å². The van der Waals surface area contributed by atoms with Gasteiger partial charge in [0.25, 0.3) is 0 Å². The average molecular weight is 1880 g/mol. The second-order valence-corrected chi connectivity index (χ2v) is 35.8. The highest BCUT2D eigenvalue weighted by atomic mass is 32.2. The van der Waals surface area contributed by atoms with Gasteiger partial charge in [-0.2, -0.15) is 0 Å². The fourth-order valence-electron chi connectivity index (χ4n) is 15.4. The maximum absolute atomic E-state index is 15.5. The molecule has 3 heterocycles. The number of aliphatic hydroxyl groups excluding tert-OH is 1. The number of carboxylic acid groups (broad SMARTS) is 1. The molecule has 24 N–H and O–H groups in total. The third kappa shape index (κ3) is 32.3. The molecule has 17 amide bonds. The number of thioether (sulfide) groups is 1. The molecule has 1 aromatic heterocycles. The molecular formula is C93H123N19O21S. The summed E-state index contributed by atoms with van der Waals surface area (Å²) in [5.41, 5.74) is 21.1. The van der Waals surface area contributed by atoms with Crippen LogP contribution in [0.5, 0.6) is 5.75 Å². The summed E-state index contributed by atoms with van der Waals surface area (Å²) in [7, 11) is 0. The number of nitrogens with one attached hydrogen (secondary N) is 15. The molecule has 2 saturated heterocycles. The number of nitrogens with zero attached hydrogens (tertiary/aromatic N) is 1. The number of H-pyrrole nitrogens is 1. The molecule has 5 aromatic carbocycles. The van der Waals surface area contributed by atoms with Gasteiger partial charge in [-0.25, -0.2) is 0 Å². The molecule has 0 bridgehead atoms. The Labute approximate surface area is 779 Å². The Balaban J connectivity index is 1.19. The summed E-state index contributed by atoms with van der Waals surface area (Å²) in [5.74, 6) is -22.7. The van der Waals surface area contributed by atoms with Crippen molar-refractivity contribution in [3.8, 4) is 16.9 Å². The number of carbonyl (C=O) groups excluding carboxylic acids is 17. The van der Waals surface area contributed by atoms with Crippen molar-refractivity contribution in [1.29, 1.82) is 0 Å². The van der Waals surface area contributed by atoms with E-state index >= 15 is 28.8 Å². The Morgan fingerprint density at radius 1 is 0.455 bits per heavy atom. The van der Waals surface area contributed by atoms with Crippen molar-refractivity contribution >= 4 is 129 Å². The van der Waals surface area contributed by atoms with Gasteiger partial charge in [-0.15, -0.1) is 11.8 Å². The van der Waals surface area contributed by atoms with Crippen LogP contribution in [0.25, 0.3) is 22.0 Å². The van der Waals surface area contributed by atoms with E-state index in [4.69, 9.17) is 17.2 Å². The quantitative estimate of drug-likeness (QED) is 0.0312. The molecule has 40 nitrogen and oxygen atoms in total. The summed E-state index contributed by atoms with van der Waals surface area (Å²) < 4.78 is 0. The number of aromatic amines is 1. The topological polar surface area (TPSA) is 633 Å². The Morgan fingerprint density at radius 3 is 1.40 bits per heavy atom. The number of aromatic hydroxyl groups is 1. The minimum Gasteiger partial charge on any atom is -0.508 e. The Kier molecular flexibility index (Phi) is 40.4. The molecule has 0 unspecified atom stereocenters. The van der Waals surface area contributed by atoms with E-state index in [0.29, 0.717) is 44.9 Å². The number of phenols is 1. The van der Waals surface area contributed by atoms with Crippen molar-refractivity contribution in [1.82, 2.24) is 84.3 Å². The van der Waals surface area contributed by atoms with Gasteiger partial charge >= 0.3 is 5.97 Å². The van der Waals surface area contributed by atoms with E-state index in [1.807, 2.05) is 30.3 Å². The fraction of sp³-hybridized carbons (Fsp3) is 0.462. The van der Waals surface area contributed by atoms with Crippen LogP contribution in [0.15, 0.2) is 140 Å². The van der Waals surface area contributed by atoms with Gasteiger partial charge in [0.2, 0.25) is 100 Å². The number of hydrogen-bond donors (Lipinski definition) is 21. The Bertz CT molecular complexity index is 5140. The monoisotopic (exact) mass is 1870 g/mol. The first-order valence-electron chi connectivity index (χ1n) is 44.4. The van der Waals surface area contributed by atoms with Crippen LogP contribution in [0.3, 0.4) is 0 Å². The summed E-state index contributed by atoms with van der Waals surface area (Å²) in [6.45, 7) is 10.9. The summed E-state index contributed by atoms with van der Waals surface area (Å²) >= 11 is 0.702. The molecule has 41 heteroatoms. The highest BCUT2D eigenvalue weighted by Gasteiger charge is 2.43. The fourth-order valence-corrected chi connectivity index (χ4v) is 16.2. The van der Waals surface area contributed by atoms with E-state index in [1.165, 1.54) is 38.1 Å². The van der Waals surface area contributed by atoms with E-state index in [0.717, 1.165) is 16.0 Å². The van der Waals surface area contributed by atoms with Gasteiger partial charge in [-0.3, -0.25) is 86.3 Å². The van der Waals surface area contributed by atoms with Gasteiger partial charge in [0.05, 0.1) is 31.7 Å². The average Bonchev–Trinajstić information content (AvgIpc) is 1.29. The predicted molar refractivity (Wildman–Crippen MR) is 494 cm³/mol. The van der Waals surface area contributed by atoms with E-state index in [-0.39, 0.29) is 76.1 Å². The van der Waals surface area contributed by atoms with Crippen LogP contribution < -0.4 is 91.6 Å². The van der Waals surface area contributed by atoms with Crippen LogP contribution in [0.4, 0.5) is 0 Å². The van der Waals surface area contributed by atoms with Crippen molar-refractivity contribution in [2.24, 2.45) is 40.9 Å². The molecule has 134 heavy (non-hydrogen) atoms. The number of amides is 17. The molecule has 0 spiro atoms. The van der Waals surface area contributed by atoms with Crippen molar-refractivity contribution in [3.63, 3.8) is 0 Å². The van der Waals surface area contributed by atoms with Crippen molar-refractivity contribution in [3.05, 3.63) is 162 Å².